The van der Waals surface area contributed by atoms with Crippen LogP contribution in [-0.2, 0) is 0 Å². The second-order valence-electron chi connectivity index (χ2n) is 17.3. The van der Waals surface area contributed by atoms with Gasteiger partial charge in [-0.1, -0.05) is 115 Å². The van der Waals surface area contributed by atoms with Crippen molar-refractivity contribution in [1.82, 2.24) is 13.7 Å². The van der Waals surface area contributed by atoms with Gasteiger partial charge in [0.25, 0.3) is 0 Å². The van der Waals surface area contributed by atoms with Crippen molar-refractivity contribution in [1.29, 1.82) is 0 Å². The van der Waals surface area contributed by atoms with Crippen LogP contribution < -0.4 is 4.74 Å². The molecule has 0 aliphatic carbocycles. The minimum atomic E-state index is 0.861. The summed E-state index contributed by atoms with van der Waals surface area (Å²) in [5, 5.41) is 9.60. The minimum Gasteiger partial charge on any atom is -0.456 e. The van der Waals surface area contributed by atoms with Crippen LogP contribution in [0.4, 0.5) is 0 Å². The molecule has 5 nitrogen and oxygen atoms in total. The van der Waals surface area contributed by atoms with Crippen molar-refractivity contribution in [3.05, 3.63) is 212 Å². The molecule has 1 aliphatic rings. The second-order valence-corrected chi connectivity index (χ2v) is 17.3. The number of aromatic nitrogens is 3. The van der Waals surface area contributed by atoms with E-state index in [4.69, 9.17) is 9.15 Å². The Hall–Kier alpha value is -8.80. The number of furan rings is 1. The van der Waals surface area contributed by atoms with Crippen molar-refractivity contribution >= 4 is 87.4 Å². The standard InChI is InChI=1S/C60H35N3O2/c1-7-17-52-42(10-1)47-14-9-19-58-60(47)63(52)55-34-39(24-31-57(55)65-58)36-20-25-40(26-21-36)61-50-15-5-2-11-43(50)48-32-37(22-29-53(48)61)38-23-30-54-49(33-38)44-12-3-6-16-51(44)62(54)41-27-28-46-45-13-4-8-18-56(45)64-59(46)35-41/h1-35H. The van der Waals surface area contributed by atoms with Gasteiger partial charge in [0.15, 0.2) is 11.5 Å². The van der Waals surface area contributed by atoms with Crippen molar-refractivity contribution in [3.8, 4) is 50.8 Å². The average Bonchev–Trinajstić information content (AvgIpc) is 4.11. The predicted molar refractivity (Wildman–Crippen MR) is 268 cm³/mol. The molecule has 5 heteroatoms. The van der Waals surface area contributed by atoms with E-state index >= 15 is 0 Å². The molecule has 0 atom stereocenters. The third-order valence-corrected chi connectivity index (χ3v) is 13.8. The van der Waals surface area contributed by atoms with E-state index < -0.39 is 0 Å². The molecule has 0 N–H and O–H groups in total. The molecule has 0 unspecified atom stereocenters. The first-order chi connectivity index (χ1) is 32.2. The zero-order valence-electron chi connectivity index (χ0n) is 34.9. The van der Waals surface area contributed by atoms with Gasteiger partial charge in [-0.25, -0.2) is 0 Å². The van der Waals surface area contributed by atoms with Gasteiger partial charge < -0.3 is 22.9 Å². The van der Waals surface area contributed by atoms with Crippen molar-refractivity contribution in [2.24, 2.45) is 0 Å². The number of hydrogen-bond acceptors (Lipinski definition) is 2. The quantitative estimate of drug-likeness (QED) is 0.177. The zero-order valence-corrected chi connectivity index (χ0v) is 34.9. The van der Waals surface area contributed by atoms with E-state index in [1.807, 2.05) is 12.1 Å². The normalized spacial score (nSPS) is 12.4. The van der Waals surface area contributed by atoms with E-state index in [2.05, 4.69) is 214 Å². The van der Waals surface area contributed by atoms with Crippen molar-refractivity contribution in [2.45, 2.75) is 0 Å². The van der Waals surface area contributed by atoms with Crippen molar-refractivity contribution in [3.63, 3.8) is 0 Å². The maximum atomic E-state index is 6.50. The molecule has 0 saturated heterocycles. The second kappa shape index (κ2) is 12.9. The number of benzene rings is 10. The lowest BCUT2D eigenvalue weighted by Gasteiger charge is -2.21. The van der Waals surface area contributed by atoms with Crippen molar-refractivity contribution < 1.29 is 9.15 Å². The fourth-order valence-corrected chi connectivity index (χ4v) is 10.9. The largest absolute Gasteiger partial charge is 0.456 e. The molecule has 5 heterocycles. The first kappa shape index (κ1) is 34.7. The monoisotopic (exact) mass is 829 g/mol. The van der Waals surface area contributed by atoms with Crippen LogP contribution in [0.1, 0.15) is 0 Å². The lowest BCUT2D eigenvalue weighted by molar-refractivity contribution is 0.476. The lowest BCUT2D eigenvalue weighted by atomic mass is 10.0. The number of fused-ring (bicyclic) bond motifs is 14. The lowest BCUT2D eigenvalue weighted by Crippen LogP contribution is -2.04. The van der Waals surface area contributed by atoms with E-state index in [1.54, 1.807) is 0 Å². The van der Waals surface area contributed by atoms with Crippen LogP contribution >= 0.6 is 0 Å². The molecule has 0 fully saturated rings. The highest BCUT2D eigenvalue weighted by molar-refractivity contribution is 6.14. The molecule has 10 aromatic carbocycles. The summed E-state index contributed by atoms with van der Waals surface area (Å²) in [4.78, 5) is 0. The van der Waals surface area contributed by atoms with Gasteiger partial charge in [0.1, 0.15) is 11.2 Å². The Morgan fingerprint density at radius 3 is 1.49 bits per heavy atom. The molecule has 15 rings (SSSR count). The predicted octanol–water partition coefficient (Wildman–Crippen LogP) is 16.3. The molecule has 65 heavy (non-hydrogen) atoms. The first-order valence-corrected chi connectivity index (χ1v) is 22.2. The molecule has 0 amide bonds. The van der Waals surface area contributed by atoms with Crippen LogP contribution in [0.15, 0.2) is 217 Å². The summed E-state index contributed by atoms with van der Waals surface area (Å²) in [6.45, 7) is 0. The van der Waals surface area contributed by atoms with Gasteiger partial charge in [-0.2, -0.15) is 0 Å². The highest BCUT2D eigenvalue weighted by Crippen LogP contribution is 2.47. The van der Waals surface area contributed by atoms with Crippen molar-refractivity contribution in [2.75, 3.05) is 0 Å². The Kier molecular flexibility index (Phi) is 6.89. The van der Waals surface area contributed by atoms with Gasteiger partial charge in [0, 0.05) is 60.5 Å². The summed E-state index contributed by atoms with van der Waals surface area (Å²) < 4.78 is 20.0. The Balaban J connectivity index is 0.816. The number of hydrogen-bond donors (Lipinski definition) is 0. The maximum absolute atomic E-state index is 6.50. The van der Waals surface area contributed by atoms with Crippen LogP contribution in [0, 0.1) is 0 Å². The summed E-state index contributed by atoms with van der Waals surface area (Å²) in [5.74, 6) is 1.75. The number of rotatable bonds is 4. The van der Waals surface area contributed by atoms with Crippen LogP contribution in [0.25, 0.3) is 127 Å². The molecular weight excluding hydrogens is 795 g/mol. The maximum Gasteiger partial charge on any atom is 0.152 e. The fraction of sp³-hybridized carbons (Fsp3) is 0. The van der Waals surface area contributed by atoms with Crippen LogP contribution in [-0.4, -0.2) is 13.7 Å². The van der Waals surface area contributed by atoms with Gasteiger partial charge in [-0.3, -0.25) is 0 Å². The number of nitrogens with zero attached hydrogens (tertiary/aromatic N) is 3. The van der Waals surface area contributed by atoms with E-state index in [-0.39, 0.29) is 0 Å². The Morgan fingerprint density at radius 1 is 0.277 bits per heavy atom. The summed E-state index contributed by atoms with van der Waals surface area (Å²) in [7, 11) is 0. The molecule has 0 bridgehead atoms. The summed E-state index contributed by atoms with van der Waals surface area (Å²) in [6, 6.07) is 76.6. The zero-order chi connectivity index (χ0) is 42.3. The van der Waals surface area contributed by atoms with E-state index in [1.165, 1.54) is 65.5 Å². The third-order valence-electron chi connectivity index (χ3n) is 13.8. The summed E-state index contributed by atoms with van der Waals surface area (Å²) in [6.07, 6.45) is 0. The van der Waals surface area contributed by atoms with Gasteiger partial charge in [0.2, 0.25) is 0 Å². The molecule has 0 saturated carbocycles. The summed E-state index contributed by atoms with van der Waals surface area (Å²) in [5.41, 5.74) is 16.7. The fourth-order valence-electron chi connectivity index (χ4n) is 10.9. The topological polar surface area (TPSA) is 37.2 Å². The average molecular weight is 830 g/mol. The summed E-state index contributed by atoms with van der Waals surface area (Å²) >= 11 is 0. The SMILES string of the molecule is c1ccc2c(c1)oc1cc(-n3c4ccccc4c4cc(-c5ccc6c(c5)c5ccccc5n6-c5ccc(-c6ccc7c(c6)-n6c8ccccc8c8cccc(c86)O7)cc5)ccc43)ccc12. The Morgan fingerprint density at radius 2 is 0.785 bits per heavy atom. The smallest absolute Gasteiger partial charge is 0.152 e. The minimum absolute atomic E-state index is 0.861. The Labute approximate surface area is 371 Å². The van der Waals surface area contributed by atoms with Crippen LogP contribution in [0.3, 0.4) is 0 Å². The molecule has 4 aromatic heterocycles. The molecule has 1 aliphatic heterocycles. The number of para-hydroxylation sites is 5. The molecule has 302 valence electrons. The van der Waals surface area contributed by atoms with Gasteiger partial charge in [-0.05, 0) is 113 Å². The first-order valence-electron chi connectivity index (χ1n) is 22.2. The number of ether oxygens (including phenoxy) is 1. The van der Waals surface area contributed by atoms with E-state index in [0.717, 1.165) is 72.7 Å². The molecule has 0 spiro atoms. The van der Waals surface area contributed by atoms with E-state index in [9.17, 15) is 0 Å². The van der Waals surface area contributed by atoms with Crippen LogP contribution in [0.5, 0.6) is 11.5 Å². The molecule has 14 aromatic rings. The highest BCUT2D eigenvalue weighted by atomic mass is 16.5. The van der Waals surface area contributed by atoms with E-state index in [0.29, 0.717) is 0 Å². The molecular formula is C60H35N3O2. The van der Waals surface area contributed by atoms with Gasteiger partial charge in [-0.15, -0.1) is 0 Å². The highest BCUT2D eigenvalue weighted by Gasteiger charge is 2.24. The third kappa shape index (κ3) is 4.87. The van der Waals surface area contributed by atoms with Crippen LogP contribution in [0.2, 0.25) is 0 Å². The van der Waals surface area contributed by atoms with Gasteiger partial charge >= 0.3 is 0 Å². The van der Waals surface area contributed by atoms with Gasteiger partial charge in [0.05, 0.1) is 38.8 Å². The Bertz CT molecular complexity index is 4330. The molecule has 0 radical (unpaired) electrons.